The van der Waals surface area contributed by atoms with Crippen molar-refractivity contribution in [3.05, 3.63) is 21.6 Å². The van der Waals surface area contributed by atoms with E-state index in [4.69, 9.17) is 11.6 Å². The molecule has 0 amide bonds. The number of thioether (sulfide) groups is 2. The average molecular weight is 346 g/mol. The maximum atomic E-state index is 12.5. The molecule has 7 heteroatoms. The maximum absolute atomic E-state index is 12.5. The first-order chi connectivity index (χ1) is 10.2. The molecule has 1 aromatic heterocycles. The van der Waals surface area contributed by atoms with Gasteiger partial charge in [-0.15, -0.1) is 0 Å². The molecule has 2 heterocycles. The fourth-order valence-corrected chi connectivity index (χ4v) is 5.35. The molecule has 21 heavy (non-hydrogen) atoms. The van der Waals surface area contributed by atoms with Crippen LogP contribution in [0.3, 0.4) is 0 Å². The van der Waals surface area contributed by atoms with Crippen molar-refractivity contribution in [1.29, 1.82) is 0 Å². The second-order valence-electron chi connectivity index (χ2n) is 5.60. The van der Waals surface area contributed by atoms with Crippen LogP contribution in [0.4, 0.5) is 5.69 Å². The highest BCUT2D eigenvalue weighted by Gasteiger charge is 2.21. The van der Waals surface area contributed by atoms with Crippen LogP contribution in [0.5, 0.6) is 0 Å². The second-order valence-corrected chi connectivity index (χ2v) is 8.57. The number of nitrogens with zero attached hydrogens (tertiary/aromatic N) is 2. The number of hydrogen-bond donors (Lipinski definition) is 1. The normalized spacial score (nSPS) is 22.8. The highest BCUT2D eigenvalue weighted by molar-refractivity contribution is 8.06. The summed E-state index contributed by atoms with van der Waals surface area (Å²) in [5.41, 5.74) is 0.435. The molecule has 0 bridgehead atoms. The maximum Gasteiger partial charge on any atom is 0.291 e. The largest absolute Gasteiger partial charge is 0.378 e. The molecular weight excluding hydrogens is 326 g/mol. The van der Waals surface area contributed by atoms with Gasteiger partial charge in [-0.2, -0.15) is 28.6 Å². The zero-order chi connectivity index (χ0) is 14.7. The predicted molar refractivity (Wildman–Crippen MR) is 92.9 cm³/mol. The van der Waals surface area contributed by atoms with Crippen molar-refractivity contribution >= 4 is 40.8 Å². The van der Waals surface area contributed by atoms with Gasteiger partial charge < -0.3 is 5.32 Å². The lowest BCUT2D eigenvalue weighted by Crippen LogP contribution is -2.32. The first-order valence-electron chi connectivity index (χ1n) is 7.43. The molecule has 0 spiro atoms. The standard InChI is InChI=1S/C14H20ClN3OS2/c15-12-7-17-18(8-10-2-1-3-10)14(19)13(12)16-6-11-9-20-4-5-21-11/h7,10-11,16H,1-6,8-9H2. The summed E-state index contributed by atoms with van der Waals surface area (Å²) >= 11 is 10.1. The Labute approximate surface area is 138 Å². The number of aromatic nitrogens is 2. The van der Waals surface area contributed by atoms with Gasteiger partial charge in [0.05, 0.1) is 11.2 Å². The summed E-state index contributed by atoms with van der Waals surface area (Å²) in [6.45, 7) is 1.51. The van der Waals surface area contributed by atoms with Gasteiger partial charge in [0.25, 0.3) is 5.56 Å². The van der Waals surface area contributed by atoms with E-state index < -0.39 is 0 Å². The highest BCUT2D eigenvalue weighted by atomic mass is 35.5. The summed E-state index contributed by atoms with van der Waals surface area (Å²) in [6, 6.07) is 0. The number of nitrogens with one attached hydrogen (secondary N) is 1. The molecular formula is C14H20ClN3OS2. The van der Waals surface area contributed by atoms with Crippen molar-refractivity contribution in [1.82, 2.24) is 9.78 Å². The van der Waals surface area contributed by atoms with Crippen LogP contribution in [0.15, 0.2) is 11.0 Å². The van der Waals surface area contributed by atoms with Gasteiger partial charge in [-0.1, -0.05) is 18.0 Å². The molecule has 0 radical (unpaired) electrons. The van der Waals surface area contributed by atoms with E-state index in [1.165, 1.54) is 30.8 Å². The van der Waals surface area contributed by atoms with Gasteiger partial charge in [0, 0.05) is 35.6 Å². The van der Waals surface area contributed by atoms with Crippen LogP contribution in [0, 0.1) is 5.92 Å². The zero-order valence-electron chi connectivity index (χ0n) is 11.9. The lowest BCUT2D eigenvalue weighted by molar-refractivity contribution is 0.262. The Bertz CT molecular complexity index is 542. The molecule has 1 unspecified atom stereocenters. The van der Waals surface area contributed by atoms with E-state index >= 15 is 0 Å². The SMILES string of the molecule is O=c1c(NCC2CSCCS2)c(Cl)cnn1CC1CCC1. The highest BCUT2D eigenvalue weighted by Crippen LogP contribution is 2.28. The Hall–Kier alpha value is -0.330. The molecule has 1 saturated carbocycles. The van der Waals surface area contributed by atoms with Crippen LogP contribution in [0.2, 0.25) is 5.02 Å². The summed E-state index contributed by atoms with van der Waals surface area (Å²) in [7, 11) is 0. The van der Waals surface area contributed by atoms with Gasteiger partial charge in [0.15, 0.2) is 0 Å². The van der Waals surface area contributed by atoms with Crippen molar-refractivity contribution in [2.24, 2.45) is 5.92 Å². The van der Waals surface area contributed by atoms with Crippen LogP contribution in [0.25, 0.3) is 0 Å². The van der Waals surface area contributed by atoms with E-state index in [1.54, 1.807) is 10.9 Å². The van der Waals surface area contributed by atoms with E-state index in [1.807, 2.05) is 23.5 Å². The molecule has 1 saturated heterocycles. The molecule has 116 valence electrons. The van der Waals surface area contributed by atoms with E-state index in [2.05, 4.69) is 10.4 Å². The molecule has 2 aliphatic rings. The van der Waals surface area contributed by atoms with Gasteiger partial charge in [-0.05, 0) is 18.8 Å². The Balaban J connectivity index is 1.67. The number of rotatable bonds is 5. The van der Waals surface area contributed by atoms with Crippen molar-refractivity contribution in [2.75, 3.05) is 29.1 Å². The van der Waals surface area contributed by atoms with Gasteiger partial charge in [-0.3, -0.25) is 4.79 Å². The molecule has 1 atom stereocenters. The van der Waals surface area contributed by atoms with Crippen molar-refractivity contribution < 1.29 is 0 Å². The molecule has 0 aromatic carbocycles. The third-order valence-corrected chi connectivity index (χ3v) is 7.18. The van der Waals surface area contributed by atoms with Crippen molar-refractivity contribution in [3.8, 4) is 0 Å². The van der Waals surface area contributed by atoms with E-state index in [-0.39, 0.29) is 5.56 Å². The van der Waals surface area contributed by atoms with E-state index in [0.29, 0.717) is 21.9 Å². The van der Waals surface area contributed by atoms with Crippen LogP contribution < -0.4 is 10.9 Å². The van der Waals surface area contributed by atoms with Crippen molar-refractivity contribution in [2.45, 2.75) is 31.1 Å². The van der Waals surface area contributed by atoms with Crippen LogP contribution in [0.1, 0.15) is 19.3 Å². The van der Waals surface area contributed by atoms with E-state index in [9.17, 15) is 4.79 Å². The van der Waals surface area contributed by atoms with Crippen LogP contribution in [-0.2, 0) is 6.54 Å². The molecule has 4 nitrogen and oxygen atoms in total. The minimum Gasteiger partial charge on any atom is -0.378 e. The van der Waals surface area contributed by atoms with Crippen molar-refractivity contribution in [3.63, 3.8) is 0 Å². The first kappa shape index (κ1) is 15.6. The molecule has 1 aliphatic heterocycles. The Morgan fingerprint density at radius 3 is 2.95 bits per heavy atom. The smallest absolute Gasteiger partial charge is 0.291 e. The molecule has 1 aromatic rings. The Morgan fingerprint density at radius 2 is 2.29 bits per heavy atom. The average Bonchev–Trinajstić information content (AvgIpc) is 2.45. The summed E-state index contributed by atoms with van der Waals surface area (Å²) in [6.07, 6.45) is 5.27. The molecule has 1 aliphatic carbocycles. The Kier molecular flexibility index (Phi) is 5.40. The molecule has 1 N–H and O–H groups in total. The third kappa shape index (κ3) is 3.90. The molecule has 3 rings (SSSR count). The number of hydrogen-bond acceptors (Lipinski definition) is 5. The van der Waals surface area contributed by atoms with E-state index in [0.717, 1.165) is 18.8 Å². The lowest BCUT2D eigenvalue weighted by atomic mass is 9.85. The monoisotopic (exact) mass is 345 g/mol. The lowest BCUT2D eigenvalue weighted by Gasteiger charge is -2.25. The third-order valence-electron chi connectivity index (χ3n) is 4.04. The summed E-state index contributed by atoms with van der Waals surface area (Å²) in [5, 5.41) is 8.42. The number of anilines is 1. The van der Waals surface area contributed by atoms with Crippen LogP contribution >= 0.6 is 35.1 Å². The fourth-order valence-electron chi connectivity index (χ4n) is 2.55. The second kappa shape index (κ2) is 7.29. The van der Waals surface area contributed by atoms with Gasteiger partial charge in [0.1, 0.15) is 5.69 Å². The quantitative estimate of drug-likeness (QED) is 0.889. The summed E-state index contributed by atoms with van der Waals surface area (Å²) in [5.74, 6) is 4.16. The first-order valence-corrected chi connectivity index (χ1v) is 10.0. The topological polar surface area (TPSA) is 46.9 Å². The van der Waals surface area contributed by atoms with Crippen LogP contribution in [-0.4, -0.2) is 38.8 Å². The summed E-state index contributed by atoms with van der Waals surface area (Å²) in [4.78, 5) is 12.5. The van der Waals surface area contributed by atoms with Gasteiger partial charge >= 0.3 is 0 Å². The number of halogens is 1. The Morgan fingerprint density at radius 1 is 1.43 bits per heavy atom. The minimum atomic E-state index is -0.0807. The summed E-state index contributed by atoms with van der Waals surface area (Å²) < 4.78 is 1.57. The van der Waals surface area contributed by atoms with Gasteiger partial charge in [0.2, 0.25) is 0 Å². The zero-order valence-corrected chi connectivity index (χ0v) is 14.3. The van der Waals surface area contributed by atoms with Gasteiger partial charge in [-0.25, -0.2) is 4.68 Å². The minimum absolute atomic E-state index is 0.0807. The fraction of sp³-hybridized carbons (Fsp3) is 0.714. The molecule has 2 fully saturated rings. The predicted octanol–water partition coefficient (Wildman–Crippen LogP) is 2.96.